The van der Waals surface area contributed by atoms with E-state index in [9.17, 15) is 15.3 Å². The van der Waals surface area contributed by atoms with Crippen molar-refractivity contribution in [2.45, 2.75) is 29.8 Å². The van der Waals surface area contributed by atoms with Gasteiger partial charge < -0.3 is 30.8 Å². The van der Waals surface area contributed by atoms with Crippen molar-refractivity contribution in [1.82, 2.24) is 5.32 Å². The van der Waals surface area contributed by atoms with Crippen LogP contribution < -0.4 is 5.32 Å². The third-order valence-corrected chi connectivity index (χ3v) is 3.58. The Morgan fingerprint density at radius 3 is 2.33 bits per heavy atom. The summed E-state index contributed by atoms with van der Waals surface area (Å²) in [4.78, 5) is 0. The maximum Gasteiger partial charge on any atom is 0.111 e. The molecule has 0 aromatic carbocycles. The summed E-state index contributed by atoms with van der Waals surface area (Å²) >= 11 is 1.44. The van der Waals surface area contributed by atoms with Crippen LogP contribution >= 0.6 is 11.8 Å². The van der Waals surface area contributed by atoms with Gasteiger partial charge in [0.15, 0.2) is 0 Å². The summed E-state index contributed by atoms with van der Waals surface area (Å²) in [5.74, 6) is 0.826. The Hall–Kier alpha value is 0.110. The maximum absolute atomic E-state index is 9.65. The zero-order valence-corrected chi connectivity index (χ0v) is 8.97. The molecule has 7 heteroatoms. The van der Waals surface area contributed by atoms with Crippen LogP contribution in [-0.4, -0.2) is 74.2 Å². The SMILES string of the molecule is OC[C@H](O)[C@H](O)[C@@H](O)[C@@H](O)C1NCCS1. The van der Waals surface area contributed by atoms with E-state index in [1.54, 1.807) is 0 Å². The number of nitrogens with one attached hydrogen (secondary N) is 1. The van der Waals surface area contributed by atoms with Gasteiger partial charge in [0.05, 0.1) is 12.0 Å². The van der Waals surface area contributed by atoms with Crippen LogP contribution in [0.1, 0.15) is 0 Å². The second-order valence-electron chi connectivity index (χ2n) is 3.47. The molecule has 1 rings (SSSR count). The van der Waals surface area contributed by atoms with Crippen LogP contribution in [0.2, 0.25) is 0 Å². The molecule has 1 aliphatic rings. The molecule has 0 aromatic heterocycles. The van der Waals surface area contributed by atoms with Crippen molar-refractivity contribution < 1.29 is 25.5 Å². The highest BCUT2D eigenvalue weighted by molar-refractivity contribution is 8.00. The van der Waals surface area contributed by atoms with E-state index in [1.165, 1.54) is 11.8 Å². The lowest BCUT2D eigenvalue weighted by molar-refractivity contribution is -0.115. The highest BCUT2D eigenvalue weighted by Gasteiger charge is 2.35. The van der Waals surface area contributed by atoms with Crippen LogP contribution in [0.3, 0.4) is 0 Å². The molecule has 0 amide bonds. The van der Waals surface area contributed by atoms with Crippen LogP contribution in [-0.2, 0) is 0 Å². The highest BCUT2D eigenvalue weighted by Crippen LogP contribution is 2.20. The lowest BCUT2D eigenvalue weighted by atomic mass is 10.0. The van der Waals surface area contributed by atoms with Crippen LogP contribution in [0, 0.1) is 0 Å². The Kier molecular flexibility index (Phi) is 5.27. The van der Waals surface area contributed by atoms with E-state index in [0.29, 0.717) is 0 Å². The summed E-state index contributed by atoms with van der Waals surface area (Å²) in [6.45, 7) is 0.0773. The van der Waals surface area contributed by atoms with E-state index >= 15 is 0 Å². The van der Waals surface area contributed by atoms with Crippen LogP contribution in [0.4, 0.5) is 0 Å². The maximum atomic E-state index is 9.65. The van der Waals surface area contributed by atoms with Crippen LogP contribution in [0.5, 0.6) is 0 Å². The van der Waals surface area contributed by atoms with Crippen LogP contribution in [0.15, 0.2) is 0 Å². The van der Waals surface area contributed by atoms with Gasteiger partial charge in [-0.2, -0.15) is 0 Å². The number of hydrogen-bond donors (Lipinski definition) is 6. The molecule has 0 saturated carbocycles. The normalized spacial score (nSPS) is 29.8. The highest BCUT2D eigenvalue weighted by atomic mass is 32.2. The van der Waals surface area contributed by atoms with Gasteiger partial charge in [-0.15, -0.1) is 11.8 Å². The number of hydrogen-bond acceptors (Lipinski definition) is 7. The fourth-order valence-corrected chi connectivity index (χ4v) is 2.47. The minimum Gasteiger partial charge on any atom is -0.394 e. The molecular formula is C8H17NO5S. The van der Waals surface area contributed by atoms with Gasteiger partial charge in [-0.25, -0.2) is 0 Å². The molecule has 1 fully saturated rings. The van der Waals surface area contributed by atoms with E-state index in [2.05, 4.69) is 5.32 Å². The number of aliphatic hydroxyl groups excluding tert-OH is 5. The Bertz CT molecular complexity index is 190. The van der Waals surface area contributed by atoms with E-state index < -0.39 is 31.0 Å². The zero-order chi connectivity index (χ0) is 11.4. The van der Waals surface area contributed by atoms with Crippen LogP contribution in [0.25, 0.3) is 0 Å². The van der Waals surface area contributed by atoms with Crippen molar-refractivity contribution in [3.8, 4) is 0 Å². The fraction of sp³-hybridized carbons (Fsp3) is 1.00. The minimum atomic E-state index is -1.55. The Morgan fingerprint density at radius 2 is 1.87 bits per heavy atom. The summed E-state index contributed by atoms with van der Waals surface area (Å²) in [7, 11) is 0. The Labute approximate surface area is 91.9 Å². The summed E-state index contributed by atoms with van der Waals surface area (Å²) in [5.41, 5.74) is 0. The van der Waals surface area contributed by atoms with E-state index in [-0.39, 0.29) is 5.37 Å². The molecule has 1 heterocycles. The first kappa shape index (κ1) is 13.2. The van der Waals surface area contributed by atoms with Gasteiger partial charge in [0.1, 0.15) is 24.4 Å². The molecule has 0 radical (unpaired) electrons. The standard InChI is InChI=1S/C8H17NO5S/c10-3-4(11)5(12)6(13)7(14)8-9-1-2-15-8/h4-14H,1-3H2/t4-,5-,6+,7+,8?/m0/s1. The van der Waals surface area contributed by atoms with Crippen molar-refractivity contribution in [3.05, 3.63) is 0 Å². The monoisotopic (exact) mass is 239 g/mol. The molecule has 90 valence electrons. The van der Waals surface area contributed by atoms with Gasteiger partial charge in [-0.3, -0.25) is 0 Å². The average Bonchev–Trinajstić information content (AvgIpc) is 2.78. The molecule has 0 spiro atoms. The van der Waals surface area contributed by atoms with Gasteiger partial charge in [0, 0.05) is 12.3 Å². The summed E-state index contributed by atoms with van der Waals surface area (Å²) in [5, 5.41) is 48.8. The fourth-order valence-electron chi connectivity index (χ4n) is 1.38. The quantitative estimate of drug-likeness (QED) is 0.305. The zero-order valence-electron chi connectivity index (χ0n) is 8.15. The predicted octanol–water partition coefficient (Wildman–Crippen LogP) is -2.92. The first-order valence-corrected chi connectivity index (χ1v) is 5.81. The van der Waals surface area contributed by atoms with Gasteiger partial charge in [-0.1, -0.05) is 0 Å². The van der Waals surface area contributed by atoms with Gasteiger partial charge >= 0.3 is 0 Å². The molecule has 0 aromatic rings. The summed E-state index contributed by atoms with van der Waals surface area (Å²) in [6, 6.07) is 0. The molecule has 5 atom stereocenters. The van der Waals surface area contributed by atoms with Crippen molar-refractivity contribution in [2.75, 3.05) is 18.9 Å². The van der Waals surface area contributed by atoms with Gasteiger partial charge in [-0.05, 0) is 0 Å². The molecular weight excluding hydrogens is 222 g/mol. The third kappa shape index (κ3) is 3.28. The topological polar surface area (TPSA) is 113 Å². The van der Waals surface area contributed by atoms with Crippen molar-refractivity contribution in [2.24, 2.45) is 0 Å². The molecule has 6 N–H and O–H groups in total. The van der Waals surface area contributed by atoms with E-state index in [4.69, 9.17) is 10.2 Å². The van der Waals surface area contributed by atoms with Crippen molar-refractivity contribution >= 4 is 11.8 Å². The lowest BCUT2D eigenvalue weighted by Crippen LogP contribution is -2.51. The number of aliphatic hydroxyl groups is 5. The summed E-state index contributed by atoms with van der Waals surface area (Å²) in [6.07, 6.45) is -5.64. The van der Waals surface area contributed by atoms with Crippen molar-refractivity contribution in [3.63, 3.8) is 0 Å². The third-order valence-electron chi connectivity index (χ3n) is 2.34. The number of rotatable bonds is 5. The average molecular weight is 239 g/mol. The minimum absolute atomic E-state index is 0.347. The smallest absolute Gasteiger partial charge is 0.111 e. The Morgan fingerprint density at radius 1 is 1.20 bits per heavy atom. The molecule has 1 aliphatic heterocycles. The van der Waals surface area contributed by atoms with Gasteiger partial charge in [0.25, 0.3) is 0 Å². The predicted molar refractivity (Wildman–Crippen MR) is 55.4 cm³/mol. The largest absolute Gasteiger partial charge is 0.394 e. The summed E-state index contributed by atoms with van der Waals surface area (Å²) < 4.78 is 0. The van der Waals surface area contributed by atoms with Crippen molar-refractivity contribution in [1.29, 1.82) is 0 Å². The molecule has 6 nitrogen and oxygen atoms in total. The van der Waals surface area contributed by atoms with E-state index in [1.807, 2.05) is 0 Å². The molecule has 0 bridgehead atoms. The Balaban J connectivity index is 2.46. The van der Waals surface area contributed by atoms with E-state index in [0.717, 1.165) is 12.3 Å². The first-order chi connectivity index (χ1) is 7.07. The number of thioether (sulfide) groups is 1. The first-order valence-electron chi connectivity index (χ1n) is 4.76. The molecule has 1 saturated heterocycles. The molecule has 1 unspecified atom stereocenters. The second kappa shape index (κ2) is 6.00. The molecule has 0 aliphatic carbocycles. The lowest BCUT2D eigenvalue weighted by Gasteiger charge is -2.28. The second-order valence-corrected chi connectivity index (χ2v) is 4.72. The van der Waals surface area contributed by atoms with Gasteiger partial charge in [0.2, 0.25) is 0 Å². The molecule has 15 heavy (non-hydrogen) atoms.